The molecule has 33 heavy (non-hydrogen) atoms. The van der Waals surface area contributed by atoms with Crippen molar-refractivity contribution in [3.8, 4) is 0 Å². The topological polar surface area (TPSA) is 38.0 Å². The van der Waals surface area contributed by atoms with E-state index in [2.05, 4.69) is 76.6 Å². The van der Waals surface area contributed by atoms with E-state index >= 15 is 0 Å². The second kappa shape index (κ2) is 11.7. The fourth-order valence-electron chi connectivity index (χ4n) is 3.25. The lowest BCUT2D eigenvalue weighted by Crippen LogP contribution is -2.61. The molecule has 0 fully saturated rings. The van der Waals surface area contributed by atoms with Gasteiger partial charge in [-0.1, -0.05) is 54.6 Å². The van der Waals surface area contributed by atoms with Gasteiger partial charge in [0.1, 0.15) is 0 Å². The van der Waals surface area contributed by atoms with Crippen LogP contribution in [-0.4, -0.2) is 13.5 Å². The predicted octanol–water partition coefficient (Wildman–Crippen LogP) is 5.93. The number of hydrogen-bond acceptors (Lipinski definition) is 2. The highest BCUT2D eigenvalue weighted by atomic mass is 19.5. The summed E-state index contributed by atoms with van der Waals surface area (Å²) in [6.07, 6.45) is 6.22. The Morgan fingerprint density at radius 1 is 0.697 bits per heavy atom. The summed E-state index contributed by atoms with van der Waals surface area (Å²) < 4.78 is 39.0. The van der Waals surface area contributed by atoms with Gasteiger partial charge in [0, 0.05) is 35.3 Å². The van der Waals surface area contributed by atoms with E-state index in [1.165, 1.54) is 11.1 Å². The number of para-hydroxylation sites is 3. The minimum absolute atomic E-state index is 0.997. The highest BCUT2D eigenvalue weighted by Gasteiger charge is 2.21. The fraction of sp³-hybridized carbons (Fsp3) is 0.0800. The molecule has 3 aromatic carbocycles. The molecule has 0 atom stereocenters. The van der Waals surface area contributed by atoms with Gasteiger partial charge >= 0.3 is 7.25 Å². The Bertz CT molecular complexity index is 1090. The quantitative estimate of drug-likeness (QED) is 0.246. The minimum atomic E-state index is -6.00. The predicted molar refractivity (Wildman–Crippen MR) is 128 cm³/mol. The van der Waals surface area contributed by atoms with E-state index in [1.54, 1.807) is 0 Å². The zero-order valence-corrected chi connectivity index (χ0v) is 17.8. The molecule has 0 aromatic heterocycles. The van der Waals surface area contributed by atoms with Gasteiger partial charge in [0.25, 0.3) is 0 Å². The molecule has 0 aliphatic heterocycles. The summed E-state index contributed by atoms with van der Waals surface area (Å²) in [5.74, 6) is 0. The fourth-order valence-corrected chi connectivity index (χ4v) is 3.25. The monoisotopic (exact) mass is 453 g/mol. The van der Waals surface area contributed by atoms with E-state index in [0.29, 0.717) is 0 Å². The molecule has 0 heterocycles. The third-order valence-corrected chi connectivity index (χ3v) is 4.72. The molecule has 3 aromatic rings. The Kier molecular flexibility index (Phi) is 8.46. The van der Waals surface area contributed by atoms with Crippen LogP contribution in [0.4, 0.5) is 34.3 Å². The molecule has 3 nitrogen and oxygen atoms in total. The Labute approximate surface area is 190 Å². The lowest BCUT2D eigenvalue weighted by atomic mass is 10.2. The number of anilines is 2. The van der Waals surface area contributed by atoms with Crippen LogP contribution in [0.1, 0.15) is 12.8 Å². The molecule has 0 bridgehead atoms. The second-order valence-corrected chi connectivity index (χ2v) is 7.22. The summed E-state index contributed by atoms with van der Waals surface area (Å²) in [5, 5.41) is 7.04. The van der Waals surface area contributed by atoms with Crippen LogP contribution < -0.4 is 15.6 Å². The Balaban J connectivity index is 0.000000555. The molecule has 0 unspecified atom stereocenters. The Hall–Kier alpha value is -3.81. The van der Waals surface area contributed by atoms with Crippen molar-refractivity contribution in [1.29, 1.82) is 0 Å². The van der Waals surface area contributed by atoms with E-state index in [9.17, 15) is 17.3 Å². The van der Waals surface area contributed by atoms with E-state index in [4.69, 9.17) is 0 Å². The molecule has 0 radical (unpaired) electrons. The number of rotatable bonds is 6. The third-order valence-electron chi connectivity index (χ3n) is 4.72. The van der Waals surface area contributed by atoms with Crippen molar-refractivity contribution in [2.24, 2.45) is 0 Å². The zero-order valence-electron chi connectivity index (χ0n) is 17.8. The van der Waals surface area contributed by atoms with Crippen molar-refractivity contribution in [3.63, 3.8) is 0 Å². The molecular weight excluding hydrogens is 429 g/mol. The third kappa shape index (κ3) is 8.69. The van der Waals surface area contributed by atoms with Crippen LogP contribution in [0.5, 0.6) is 0 Å². The largest absolute Gasteiger partial charge is 0.673 e. The lowest BCUT2D eigenvalue weighted by molar-refractivity contribution is -0.347. The van der Waals surface area contributed by atoms with Gasteiger partial charge < -0.3 is 27.9 Å². The molecule has 1 aliphatic rings. The average molecular weight is 453 g/mol. The van der Waals surface area contributed by atoms with Gasteiger partial charge in [-0.05, 0) is 42.7 Å². The van der Waals surface area contributed by atoms with Crippen LogP contribution in [0.3, 0.4) is 0 Å². The Morgan fingerprint density at radius 3 is 1.79 bits per heavy atom. The lowest BCUT2D eigenvalue weighted by Gasteiger charge is -2.11. The molecule has 0 saturated carbocycles. The first-order valence-corrected chi connectivity index (χ1v) is 10.5. The van der Waals surface area contributed by atoms with E-state index in [0.717, 1.165) is 35.6 Å². The molecule has 0 saturated heterocycles. The van der Waals surface area contributed by atoms with Gasteiger partial charge in [0.05, 0.1) is 5.70 Å². The molecule has 0 spiro atoms. The SMILES string of the molecule is C(=[NH+]c1ccccc1)C1=C(Nc2ccccc2)C(=CNc2ccccc2)CC1.F[B-](F)(F)F. The van der Waals surface area contributed by atoms with E-state index in [-0.39, 0.29) is 0 Å². The summed E-state index contributed by atoms with van der Waals surface area (Å²) in [6, 6.07) is 30.8. The van der Waals surface area contributed by atoms with Crippen LogP contribution in [0.2, 0.25) is 0 Å². The first-order chi connectivity index (χ1) is 15.9. The number of halogens is 4. The van der Waals surface area contributed by atoms with E-state index < -0.39 is 7.25 Å². The molecule has 8 heteroatoms. The molecular formula is C25H24BF4N3. The first kappa shape index (κ1) is 23.8. The number of nitrogens with one attached hydrogen (secondary N) is 3. The highest BCUT2D eigenvalue weighted by molar-refractivity contribution is 6.50. The van der Waals surface area contributed by atoms with Gasteiger partial charge in [-0.2, -0.15) is 0 Å². The van der Waals surface area contributed by atoms with Crippen LogP contribution in [0.15, 0.2) is 114 Å². The molecule has 0 amide bonds. The highest BCUT2D eigenvalue weighted by Crippen LogP contribution is 2.31. The molecule has 170 valence electrons. The van der Waals surface area contributed by atoms with Crippen LogP contribution in [0, 0.1) is 0 Å². The van der Waals surface area contributed by atoms with Crippen molar-refractivity contribution in [2.45, 2.75) is 12.8 Å². The minimum Gasteiger partial charge on any atom is -0.418 e. The van der Waals surface area contributed by atoms with Gasteiger partial charge in [-0.3, -0.25) is 0 Å². The van der Waals surface area contributed by atoms with Crippen molar-refractivity contribution < 1.29 is 22.3 Å². The normalized spacial score (nSPS) is 14.8. The van der Waals surface area contributed by atoms with E-state index in [1.807, 2.05) is 42.5 Å². The number of allylic oxidation sites excluding steroid dienone is 2. The zero-order chi connectivity index (χ0) is 23.5. The molecule has 1 aliphatic carbocycles. The maximum atomic E-state index is 9.75. The van der Waals surface area contributed by atoms with Crippen molar-refractivity contribution in [3.05, 3.63) is 114 Å². The van der Waals surface area contributed by atoms with Crippen LogP contribution >= 0.6 is 0 Å². The van der Waals surface area contributed by atoms with Gasteiger partial charge in [-0.25, -0.2) is 4.99 Å². The first-order valence-electron chi connectivity index (χ1n) is 10.5. The standard InChI is InChI=1S/C25H23N3.BF4/c1-4-10-22(11-5-1)26-18-20-16-17-21(19-27-23-12-6-2-7-13-23)25(20)28-24-14-8-3-9-15-24;2-1(3,4)5/h1-15,18-19,26,28H,16-17H2;/q;-1/p+1. The average Bonchev–Trinajstić information content (AvgIpc) is 3.18. The smallest absolute Gasteiger partial charge is 0.418 e. The second-order valence-electron chi connectivity index (χ2n) is 7.22. The van der Waals surface area contributed by atoms with Crippen molar-refractivity contribution >= 4 is 30.5 Å². The van der Waals surface area contributed by atoms with Gasteiger partial charge in [-0.15, -0.1) is 0 Å². The van der Waals surface area contributed by atoms with Crippen LogP contribution in [0.25, 0.3) is 0 Å². The number of hydrogen-bond donors (Lipinski definition) is 3. The Morgan fingerprint density at radius 2 is 1.21 bits per heavy atom. The summed E-state index contributed by atoms with van der Waals surface area (Å²) in [7, 11) is -6.00. The molecule has 3 N–H and O–H groups in total. The molecule has 4 rings (SSSR count). The maximum Gasteiger partial charge on any atom is 0.673 e. The summed E-state index contributed by atoms with van der Waals surface area (Å²) in [5.41, 5.74) is 6.99. The summed E-state index contributed by atoms with van der Waals surface area (Å²) in [4.78, 5) is 3.43. The summed E-state index contributed by atoms with van der Waals surface area (Å²) >= 11 is 0. The van der Waals surface area contributed by atoms with Crippen LogP contribution in [-0.2, 0) is 0 Å². The van der Waals surface area contributed by atoms with Crippen molar-refractivity contribution in [2.75, 3.05) is 10.6 Å². The van der Waals surface area contributed by atoms with Gasteiger partial charge in [0.15, 0.2) is 6.21 Å². The van der Waals surface area contributed by atoms with Gasteiger partial charge in [0.2, 0.25) is 5.69 Å². The summed E-state index contributed by atoms with van der Waals surface area (Å²) in [6.45, 7) is 0. The van der Waals surface area contributed by atoms with Crippen molar-refractivity contribution in [1.82, 2.24) is 0 Å². The maximum absolute atomic E-state index is 9.75. The number of benzene rings is 3.